The molecular weight excluding hydrogens is 198 g/mol. The van der Waals surface area contributed by atoms with Gasteiger partial charge < -0.3 is 0 Å². The molecule has 0 bridgehead atoms. The molecule has 5 heteroatoms. The van der Waals surface area contributed by atoms with Crippen molar-refractivity contribution < 1.29 is 4.79 Å². The van der Waals surface area contributed by atoms with Gasteiger partial charge in [0.2, 0.25) is 0 Å². The molecule has 0 amide bonds. The van der Waals surface area contributed by atoms with Gasteiger partial charge in [-0.2, -0.15) is 4.99 Å². The van der Waals surface area contributed by atoms with Gasteiger partial charge in [0.1, 0.15) is 0 Å². The van der Waals surface area contributed by atoms with Crippen LogP contribution < -0.4 is 0 Å². The van der Waals surface area contributed by atoms with E-state index in [0.717, 1.165) is 18.5 Å². The van der Waals surface area contributed by atoms with Crippen molar-refractivity contribution in [2.75, 3.05) is 0 Å². The van der Waals surface area contributed by atoms with E-state index in [1.807, 2.05) is 0 Å². The van der Waals surface area contributed by atoms with Gasteiger partial charge >= 0.3 is 0 Å². The van der Waals surface area contributed by atoms with E-state index in [2.05, 4.69) is 32.3 Å². The fourth-order valence-corrected chi connectivity index (χ4v) is 1.56. The van der Waals surface area contributed by atoms with Crippen LogP contribution in [0.25, 0.3) is 0 Å². The number of aryl methyl sites for hydroxylation is 1. The summed E-state index contributed by atoms with van der Waals surface area (Å²) >= 11 is 4.45. The highest BCUT2D eigenvalue weighted by molar-refractivity contribution is 7.78. The van der Waals surface area contributed by atoms with Gasteiger partial charge in [-0.3, -0.25) is 4.79 Å². The summed E-state index contributed by atoms with van der Waals surface area (Å²) in [6.45, 7) is 0. The molecule has 1 aliphatic rings. The van der Waals surface area contributed by atoms with Crippen LogP contribution >= 0.6 is 12.2 Å². The summed E-state index contributed by atoms with van der Waals surface area (Å²) in [5, 5.41) is 2.20. The molecule has 1 aromatic rings. The zero-order valence-corrected chi connectivity index (χ0v) is 8.17. The van der Waals surface area contributed by atoms with Gasteiger partial charge in [-0.05, 0) is 25.1 Å². The molecule has 70 valence electrons. The van der Waals surface area contributed by atoms with Crippen LogP contribution in [0.1, 0.15) is 28.9 Å². The number of carbonyl (C=O) groups excluding carboxylic acids is 1. The smallest absolute Gasteiger partial charge is 0.258 e. The van der Waals surface area contributed by atoms with Gasteiger partial charge in [-0.25, -0.2) is 9.97 Å². The van der Waals surface area contributed by atoms with Crippen molar-refractivity contribution in [3.63, 3.8) is 0 Å². The number of carbonyl (C=O) groups is 1. The molecule has 0 unspecified atom stereocenters. The van der Waals surface area contributed by atoms with Gasteiger partial charge in [0, 0.05) is 12.6 Å². The molecule has 2 rings (SSSR count). The molecule has 1 aliphatic carbocycles. The molecule has 0 aliphatic heterocycles. The van der Waals surface area contributed by atoms with Crippen molar-refractivity contribution in [3.8, 4) is 0 Å². The first-order valence-electron chi connectivity index (χ1n) is 4.28. The summed E-state index contributed by atoms with van der Waals surface area (Å²) < 4.78 is 0. The van der Waals surface area contributed by atoms with Crippen LogP contribution in [0.3, 0.4) is 0 Å². The van der Waals surface area contributed by atoms with E-state index in [0.29, 0.717) is 12.0 Å². The summed E-state index contributed by atoms with van der Waals surface area (Å²) in [6, 6.07) is 0. The Kier molecular flexibility index (Phi) is 2.43. The van der Waals surface area contributed by atoms with Gasteiger partial charge in [-0.15, -0.1) is 0 Å². The number of fused-ring (bicyclic) bond motifs is 1. The van der Waals surface area contributed by atoms with E-state index in [9.17, 15) is 4.79 Å². The lowest BCUT2D eigenvalue weighted by Crippen LogP contribution is -2.12. The van der Waals surface area contributed by atoms with Crippen molar-refractivity contribution >= 4 is 29.1 Å². The Bertz CT molecular complexity index is 438. The molecule has 1 heterocycles. The van der Waals surface area contributed by atoms with Gasteiger partial charge in [-0.1, -0.05) is 0 Å². The topological polar surface area (TPSA) is 55.2 Å². The molecular formula is C9H7N3OS. The summed E-state index contributed by atoms with van der Waals surface area (Å²) in [6.07, 6.45) is 3.77. The Morgan fingerprint density at radius 2 is 2.36 bits per heavy atom. The minimum absolute atomic E-state index is 0.115. The number of hydrogen-bond donors (Lipinski definition) is 0. The minimum Gasteiger partial charge on any atom is -0.294 e. The summed E-state index contributed by atoms with van der Waals surface area (Å²) in [4.78, 5) is 23.1. The van der Waals surface area contributed by atoms with Crippen LogP contribution in [0.4, 0.5) is 5.95 Å². The summed E-state index contributed by atoms with van der Waals surface area (Å²) in [5.74, 6) is 0.401. The zero-order valence-electron chi connectivity index (χ0n) is 7.36. The molecule has 0 saturated carbocycles. The number of hydrogen-bond acceptors (Lipinski definition) is 5. The number of isothiocyanates is 1. The van der Waals surface area contributed by atoms with Crippen LogP contribution in [0.15, 0.2) is 11.2 Å². The molecule has 0 saturated heterocycles. The molecule has 0 spiro atoms. The third-order valence-corrected chi connectivity index (χ3v) is 2.21. The Labute approximate surface area is 86.1 Å². The molecule has 0 fully saturated rings. The van der Waals surface area contributed by atoms with Crippen LogP contribution in [0.2, 0.25) is 0 Å². The maximum atomic E-state index is 11.4. The zero-order chi connectivity index (χ0) is 9.97. The molecule has 0 N–H and O–H groups in total. The average molecular weight is 205 g/mol. The Morgan fingerprint density at radius 1 is 1.50 bits per heavy atom. The molecule has 1 aromatic heterocycles. The Morgan fingerprint density at radius 3 is 3.14 bits per heavy atom. The Balaban J connectivity index is 2.48. The average Bonchev–Trinajstić information content (AvgIpc) is 2.18. The lowest BCUT2D eigenvalue weighted by Gasteiger charge is -2.12. The molecule has 0 atom stereocenters. The second kappa shape index (κ2) is 3.74. The minimum atomic E-state index is 0.115. The second-order valence-electron chi connectivity index (χ2n) is 3.01. The van der Waals surface area contributed by atoms with Crippen LogP contribution in [-0.4, -0.2) is 20.9 Å². The van der Waals surface area contributed by atoms with Crippen LogP contribution in [0, 0.1) is 0 Å². The van der Waals surface area contributed by atoms with E-state index in [1.165, 1.54) is 6.20 Å². The number of rotatable bonds is 1. The SMILES string of the molecule is O=C1CCCc2nc(N=C=S)ncc21. The number of ketones is 1. The fourth-order valence-electron chi connectivity index (χ4n) is 1.48. The van der Waals surface area contributed by atoms with Crippen LogP contribution in [-0.2, 0) is 6.42 Å². The first-order valence-corrected chi connectivity index (χ1v) is 4.69. The first kappa shape index (κ1) is 9.12. The monoisotopic (exact) mass is 205 g/mol. The number of nitrogens with zero attached hydrogens (tertiary/aromatic N) is 3. The van der Waals surface area contributed by atoms with Gasteiger partial charge in [0.25, 0.3) is 5.95 Å². The quantitative estimate of drug-likeness (QED) is 0.517. The standard InChI is InChI=1S/C9H7N3OS/c13-8-3-1-2-7-6(8)4-10-9(12-7)11-5-14/h4H,1-3H2. The van der Waals surface area contributed by atoms with Crippen molar-refractivity contribution in [2.24, 2.45) is 4.99 Å². The lowest BCUT2D eigenvalue weighted by atomic mass is 9.96. The van der Waals surface area contributed by atoms with E-state index in [-0.39, 0.29) is 11.7 Å². The van der Waals surface area contributed by atoms with Crippen molar-refractivity contribution in [1.29, 1.82) is 0 Å². The maximum absolute atomic E-state index is 11.4. The predicted molar refractivity (Wildman–Crippen MR) is 54.0 cm³/mol. The highest BCUT2D eigenvalue weighted by atomic mass is 32.1. The first-order chi connectivity index (χ1) is 6.81. The molecule has 0 aromatic carbocycles. The highest BCUT2D eigenvalue weighted by Gasteiger charge is 2.18. The van der Waals surface area contributed by atoms with Gasteiger partial charge in [0.15, 0.2) is 5.78 Å². The van der Waals surface area contributed by atoms with E-state index >= 15 is 0 Å². The summed E-state index contributed by atoms with van der Waals surface area (Å²) in [5.41, 5.74) is 1.40. The molecule has 0 radical (unpaired) electrons. The molecule has 4 nitrogen and oxygen atoms in total. The third-order valence-electron chi connectivity index (χ3n) is 2.12. The van der Waals surface area contributed by atoms with Crippen molar-refractivity contribution in [1.82, 2.24) is 9.97 Å². The Hall–Kier alpha value is -1.45. The number of aliphatic imine (C=N–C) groups is 1. The van der Waals surface area contributed by atoms with Crippen molar-refractivity contribution in [2.45, 2.75) is 19.3 Å². The van der Waals surface area contributed by atoms with E-state index in [4.69, 9.17) is 0 Å². The molecule has 14 heavy (non-hydrogen) atoms. The number of thiocarbonyl (C=S) groups is 1. The third kappa shape index (κ3) is 1.60. The number of Topliss-reactive ketones (excluding diaryl/α,β-unsaturated/α-hetero) is 1. The predicted octanol–water partition coefficient (Wildman–Crippen LogP) is 1.73. The van der Waals surface area contributed by atoms with E-state index < -0.39 is 0 Å². The lowest BCUT2D eigenvalue weighted by molar-refractivity contribution is 0.0971. The van der Waals surface area contributed by atoms with Crippen molar-refractivity contribution in [3.05, 3.63) is 17.5 Å². The van der Waals surface area contributed by atoms with Gasteiger partial charge in [0.05, 0.1) is 16.4 Å². The second-order valence-corrected chi connectivity index (χ2v) is 3.19. The number of aromatic nitrogens is 2. The van der Waals surface area contributed by atoms with Crippen LogP contribution in [0.5, 0.6) is 0 Å². The maximum Gasteiger partial charge on any atom is 0.258 e. The van der Waals surface area contributed by atoms with E-state index in [1.54, 1.807) is 0 Å². The highest BCUT2D eigenvalue weighted by Crippen LogP contribution is 2.20. The fraction of sp³-hybridized carbons (Fsp3) is 0.333. The largest absolute Gasteiger partial charge is 0.294 e. The normalized spacial score (nSPS) is 14.4. The summed E-state index contributed by atoms with van der Waals surface area (Å²) in [7, 11) is 0.